The molecule has 10 heteroatoms. The van der Waals surface area contributed by atoms with Gasteiger partial charge in [0.2, 0.25) is 0 Å². The molecule has 0 radical (unpaired) electrons. The van der Waals surface area contributed by atoms with Gasteiger partial charge in [-0.15, -0.1) is 0 Å². The van der Waals surface area contributed by atoms with Crippen LogP contribution in [-0.2, 0) is 6.42 Å². The van der Waals surface area contributed by atoms with E-state index in [1.807, 2.05) is 29.9 Å². The van der Waals surface area contributed by atoms with E-state index in [0.29, 0.717) is 30.3 Å². The number of amides is 1. The maximum atomic E-state index is 13.3. The fourth-order valence-corrected chi connectivity index (χ4v) is 4.63. The smallest absolute Gasteiger partial charge is 0.412 e. The second-order valence-electron chi connectivity index (χ2n) is 8.46. The minimum atomic E-state index is -1.01. The first-order valence-corrected chi connectivity index (χ1v) is 11.1. The van der Waals surface area contributed by atoms with Gasteiger partial charge in [0.05, 0.1) is 30.3 Å². The quantitative estimate of drug-likeness (QED) is 0.616. The molecule has 0 aliphatic carbocycles. The zero-order chi connectivity index (χ0) is 22.9. The Morgan fingerprint density at radius 1 is 1.18 bits per heavy atom. The van der Waals surface area contributed by atoms with Crippen molar-refractivity contribution in [2.24, 2.45) is 0 Å². The Labute approximate surface area is 190 Å². The lowest BCUT2D eigenvalue weighted by Gasteiger charge is -2.34. The van der Waals surface area contributed by atoms with E-state index in [1.165, 1.54) is 4.90 Å². The lowest BCUT2D eigenvalue weighted by molar-refractivity contribution is 0.198. The van der Waals surface area contributed by atoms with Crippen LogP contribution < -0.4 is 15.0 Å². The van der Waals surface area contributed by atoms with Gasteiger partial charge in [-0.05, 0) is 57.8 Å². The minimum Gasteiger partial charge on any atom is -0.465 e. The summed E-state index contributed by atoms with van der Waals surface area (Å²) in [5, 5.41) is 17.8. The van der Waals surface area contributed by atoms with Gasteiger partial charge < -0.3 is 15.2 Å². The monoisotopic (exact) mass is 452 g/mol. The molecule has 0 bridgehead atoms. The van der Waals surface area contributed by atoms with E-state index >= 15 is 0 Å². The predicted molar refractivity (Wildman–Crippen MR) is 119 cm³/mol. The van der Waals surface area contributed by atoms with Crippen molar-refractivity contribution in [3.05, 3.63) is 48.3 Å². The third kappa shape index (κ3) is 4.13. The summed E-state index contributed by atoms with van der Waals surface area (Å²) in [7, 11) is 0. The van der Waals surface area contributed by atoms with Crippen molar-refractivity contribution < 1.29 is 19.0 Å². The highest BCUT2D eigenvalue weighted by molar-refractivity contribution is 5.91. The van der Waals surface area contributed by atoms with Crippen molar-refractivity contribution in [3.8, 4) is 22.9 Å². The summed E-state index contributed by atoms with van der Waals surface area (Å²) in [6.45, 7) is 3.80. The van der Waals surface area contributed by atoms with Crippen molar-refractivity contribution >= 4 is 11.8 Å². The van der Waals surface area contributed by atoms with Crippen LogP contribution in [0.15, 0.2) is 36.9 Å². The Hall–Kier alpha value is -3.53. The Morgan fingerprint density at radius 3 is 2.67 bits per heavy atom. The van der Waals surface area contributed by atoms with E-state index in [9.17, 15) is 14.3 Å². The average molecular weight is 452 g/mol. The van der Waals surface area contributed by atoms with Crippen LogP contribution in [0.1, 0.15) is 37.8 Å². The van der Waals surface area contributed by atoms with Gasteiger partial charge in [0.1, 0.15) is 5.75 Å². The highest BCUT2D eigenvalue weighted by atomic mass is 19.1. The van der Waals surface area contributed by atoms with Crippen LogP contribution in [0, 0.1) is 5.82 Å². The second-order valence-corrected chi connectivity index (χ2v) is 8.46. The Kier molecular flexibility index (Phi) is 5.67. The first kappa shape index (κ1) is 21.3. The molecule has 1 atom stereocenters. The van der Waals surface area contributed by atoms with Gasteiger partial charge in [0.25, 0.3) is 0 Å². The van der Waals surface area contributed by atoms with Gasteiger partial charge in [0.15, 0.2) is 5.82 Å². The molecule has 1 fully saturated rings. The van der Waals surface area contributed by atoms with Crippen LogP contribution in [0.4, 0.5) is 14.9 Å². The van der Waals surface area contributed by atoms with Crippen LogP contribution in [-0.4, -0.2) is 50.1 Å². The van der Waals surface area contributed by atoms with Crippen LogP contribution in [0.3, 0.4) is 0 Å². The van der Waals surface area contributed by atoms with Crippen molar-refractivity contribution in [2.45, 2.75) is 44.7 Å². The number of rotatable bonds is 4. The molecular weight excluding hydrogens is 427 g/mol. The highest BCUT2D eigenvalue weighted by Crippen LogP contribution is 2.44. The van der Waals surface area contributed by atoms with Gasteiger partial charge in [-0.2, -0.15) is 5.10 Å². The number of hydrogen-bond acceptors (Lipinski definition) is 6. The van der Waals surface area contributed by atoms with E-state index in [2.05, 4.69) is 20.4 Å². The number of ether oxygens (including phenoxy) is 1. The number of carboxylic acid groups (broad SMARTS) is 1. The van der Waals surface area contributed by atoms with Crippen LogP contribution in [0.2, 0.25) is 0 Å². The number of hydrogen-bond donors (Lipinski definition) is 2. The number of piperidine rings is 1. The molecule has 33 heavy (non-hydrogen) atoms. The summed E-state index contributed by atoms with van der Waals surface area (Å²) in [5.41, 5.74) is 2.96. The fraction of sp³-hybridized carbons (Fsp3) is 0.391. The molecule has 1 saturated heterocycles. The third-order valence-electron chi connectivity index (χ3n) is 6.34. The molecule has 0 spiro atoms. The largest absolute Gasteiger partial charge is 0.465 e. The maximum absolute atomic E-state index is 13.3. The van der Waals surface area contributed by atoms with E-state index in [-0.39, 0.29) is 12.1 Å². The number of aromatic nitrogens is 4. The fourth-order valence-electron chi connectivity index (χ4n) is 4.63. The number of nitrogens with one attached hydrogen (secondary N) is 1. The SMILES string of the molecule is C[C@H]1CCc2c(ccc(-c3cnn(C4CCNCC4)c3)c2Oc2ncc(F)cn2)N1C(=O)O. The number of fused-ring (bicyclic) bond motifs is 1. The zero-order valence-corrected chi connectivity index (χ0v) is 18.2. The summed E-state index contributed by atoms with van der Waals surface area (Å²) in [6.07, 6.45) is 8.15. The molecule has 1 amide bonds. The third-order valence-corrected chi connectivity index (χ3v) is 6.34. The number of nitrogens with zero attached hydrogens (tertiary/aromatic N) is 5. The van der Waals surface area contributed by atoms with Crippen LogP contribution >= 0.6 is 0 Å². The summed E-state index contributed by atoms with van der Waals surface area (Å²) < 4.78 is 21.4. The van der Waals surface area contributed by atoms with Crippen molar-refractivity contribution in [1.29, 1.82) is 0 Å². The topological polar surface area (TPSA) is 105 Å². The number of halogens is 1. The molecule has 2 aliphatic heterocycles. The van der Waals surface area contributed by atoms with Gasteiger partial charge in [0, 0.05) is 28.9 Å². The first-order valence-electron chi connectivity index (χ1n) is 11.1. The zero-order valence-electron chi connectivity index (χ0n) is 18.2. The Bertz CT molecular complexity index is 1160. The second kappa shape index (κ2) is 8.78. The van der Waals surface area contributed by atoms with Gasteiger partial charge in [-0.3, -0.25) is 9.58 Å². The van der Waals surface area contributed by atoms with E-state index in [4.69, 9.17) is 4.74 Å². The van der Waals surface area contributed by atoms with E-state index in [1.54, 1.807) is 6.20 Å². The number of carbonyl (C=O) groups is 1. The summed E-state index contributed by atoms with van der Waals surface area (Å²) >= 11 is 0. The number of anilines is 1. The van der Waals surface area contributed by atoms with E-state index in [0.717, 1.165) is 55.0 Å². The van der Waals surface area contributed by atoms with Crippen molar-refractivity contribution in [3.63, 3.8) is 0 Å². The molecule has 0 saturated carbocycles. The summed E-state index contributed by atoms with van der Waals surface area (Å²) in [6, 6.07) is 3.82. The minimum absolute atomic E-state index is 0.00251. The molecule has 2 N–H and O–H groups in total. The van der Waals surface area contributed by atoms with Crippen molar-refractivity contribution in [1.82, 2.24) is 25.1 Å². The maximum Gasteiger partial charge on any atom is 0.412 e. The van der Waals surface area contributed by atoms with Gasteiger partial charge in [-0.25, -0.2) is 19.2 Å². The van der Waals surface area contributed by atoms with Gasteiger partial charge >= 0.3 is 12.1 Å². The molecule has 2 aliphatic rings. The normalized spacial score (nSPS) is 18.7. The molecule has 1 aromatic carbocycles. The lowest BCUT2D eigenvalue weighted by atomic mass is 9.92. The standard InChI is InChI=1S/C23H25FN6O3/c1-14-2-3-19-20(30(14)23(31)32)5-4-18(21(19)33-22-26-11-16(24)12-27-22)15-10-28-29(13-15)17-6-8-25-9-7-17/h4-5,10-14,17,25H,2-3,6-9H2,1H3,(H,31,32)/t14-/m0/s1. The Morgan fingerprint density at radius 2 is 1.94 bits per heavy atom. The van der Waals surface area contributed by atoms with Crippen LogP contribution in [0.25, 0.3) is 11.1 Å². The Balaban J connectivity index is 1.59. The molecule has 172 valence electrons. The molecule has 4 heterocycles. The van der Waals surface area contributed by atoms with Crippen molar-refractivity contribution in [2.75, 3.05) is 18.0 Å². The molecule has 3 aromatic rings. The van der Waals surface area contributed by atoms with Gasteiger partial charge in [-0.1, -0.05) is 0 Å². The van der Waals surface area contributed by atoms with Crippen LogP contribution in [0.5, 0.6) is 11.8 Å². The first-order chi connectivity index (χ1) is 16.0. The highest BCUT2D eigenvalue weighted by Gasteiger charge is 2.32. The van der Waals surface area contributed by atoms with E-state index < -0.39 is 11.9 Å². The summed E-state index contributed by atoms with van der Waals surface area (Å²) in [4.78, 5) is 21.2. The molecule has 9 nitrogen and oxygen atoms in total. The number of benzene rings is 1. The lowest BCUT2D eigenvalue weighted by Crippen LogP contribution is -2.41. The predicted octanol–water partition coefficient (Wildman–Crippen LogP) is 4.02. The summed E-state index contributed by atoms with van der Waals surface area (Å²) in [5.74, 6) is -0.0890. The average Bonchev–Trinajstić information content (AvgIpc) is 3.31. The molecular formula is C23H25FN6O3. The molecule has 5 rings (SSSR count). The molecule has 0 unspecified atom stereocenters. The molecule has 2 aromatic heterocycles.